The first-order chi connectivity index (χ1) is 10.5. The van der Waals surface area contributed by atoms with Gasteiger partial charge in [-0.25, -0.2) is 0 Å². The molecule has 0 unspecified atom stereocenters. The van der Waals surface area contributed by atoms with Gasteiger partial charge in [-0.05, 0) is 26.1 Å². The van der Waals surface area contributed by atoms with Gasteiger partial charge in [0.1, 0.15) is 0 Å². The van der Waals surface area contributed by atoms with Gasteiger partial charge in [0.25, 0.3) is 0 Å². The Labute approximate surface area is 133 Å². The van der Waals surface area contributed by atoms with E-state index >= 15 is 0 Å². The largest absolute Gasteiger partial charge is 0.355 e. The van der Waals surface area contributed by atoms with Gasteiger partial charge in [-0.2, -0.15) is 0 Å². The lowest BCUT2D eigenvalue weighted by Crippen LogP contribution is -2.43. The van der Waals surface area contributed by atoms with Crippen molar-refractivity contribution in [2.24, 2.45) is 0 Å². The third kappa shape index (κ3) is 7.22. The summed E-state index contributed by atoms with van der Waals surface area (Å²) < 4.78 is 0. The number of rotatable bonds is 9. The molecule has 0 bridgehead atoms. The molecule has 0 atom stereocenters. The first-order valence-corrected chi connectivity index (χ1v) is 7.76. The van der Waals surface area contributed by atoms with Crippen LogP contribution in [0.25, 0.3) is 0 Å². The minimum absolute atomic E-state index is 0.0421. The predicted molar refractivity (Wildman–Crippen MR) is 88.3 cm³/mol. The molecule has 0 aliphatic rings. The Morgan fingerprint density at radius 3 is 2.36 bits per heavy atom. The highest BCUT2D eigenvalue weighted by molar-refractivity contribution is 5.85. The highest BCUT2D eigenvalue weighted by Gasteiger charge is 2.17. The lowest BCUT2D eigenvalue weighted by molar-refractivity contribution is -0.137. The number of hydrogen-bond donors (Lipinski definition) is 1. The maximum absolute atomic E-state index is 12.3. The van der Waals surface area contributed by atoms with Crippen molar-refractivity contribution in [1.82, 2.24) is 15.1 Å². The van der Waals surface area contributed by atoms with Gasteiger partial charge in [0.15, 0.2) is 0 Å². The molecule has 1 aromatic rings. The minimum Gasteiger partial charge on any atom is -0.355 e. The molecule has 0 heterocycles. The quantitative estimate of drug-likeness (QED) is 0.703. The van der Waals surface area contributed by atoms with E-state index in [4.69, 9.17) is 0 Å². The van der Waals surface area contributed by atoms with E-state index in [1.807, 2.05) is 49.3 Å². The van der Waals surface area contributed by atoms with Crippen LogP contribution in [0, 0.1) is 0 Å². The molecule has 0 saturated heterocycles. The van der Waals surface area contributed by atoms with Crippen molar-refractivity contribution in [3.8, 4) is 0 Å². The summed E-state index contributed by atoms with van der Waals surface area (Å²) >= 11 is 0. The lowest BCUT2D eigenvalue weighted by Gasteiger charge is -2.24. The molecule has 5 nitrogen and oxygen atoms in total. The third-order valence-electron chi connectivity index (χ3n) is 3.21. The second-order valence-electron chi connectivity index (χ2n) is 5.68. The Balaban J connectivity index is 2.65. The van der Waals surface area contributed by atoms with Crippen LogP contribution >= 0.6 is 0 Å². The van der Waals surface area contributed by atoms with Crippen molar-refractivity contribution in [1.29, 1.82) is 0 Å². The van der Waals surface area contributed by atoms with Crippen LogP contribution < -0.4 is 5.32 Å². The van der Waals surface area contributed by atoms with Crippen molar-refractivity contribution >= 4 is 11.8 Å². The summed E-state index contributed by atoms with van der Waals surface area (Å²) in [6.07, 6.45) is 1.99. The number of amides is 2. The van der Waals surface area contributed by atoms with E-state index in [9.17, 15) is 9.59 Å². The van der Waals surface area contributed by atoms with Gasteiger partial charge < -0.3 is 15.1 Å². The van der Waals surface area contributed by atoms with Gasteiger partial charge in [0.2, 0.25) is 11.8 Å². The summed E-state index contributed by atoms with van der Waals surface area (Å²) in [6, 6.07) is 9.74. The van der Waals surface area contributed by atoms with Crippen LogP contribution in [0.4, 0.5) is 0 Å². The van der Waals surface area contributed by atoms with E-state index in [1.165, 1.54) is 0 Å². The normalized spacial score (nSPS) is 10.5. The van der Waals surface area contributed by atoms with Gasteiger partial charge in [-0.1, -0.05) is 43.7 Å². The van der Waals surface area contributed by atoms with Crippen LogP contribution in [-0.4, -0.2) is 55.3 Å². The summed E-state index contributed by atoms with van der Waals surface area (Å²) in [5, 5.41) is 2.86. The SMILES string of the molecule is CCCCNC(=O)CN(Cc1ccccc1)C(=O)CN(C)C. The zero-order chi connectivity index (χ0) is 16.4. The zero-order valence-electron chi connectivity index (χ0n) is 13.8. The Bertz CT molecular complexity index is 460. The van der Waals surface area contributed by atoms with Gasteiger partial charge >= 0.3 is 0 Å². The molecular formula is C17H27N3O2. The van der Waals surface area contributed by atoms with Crippen molar-refractivity contribution < 1.29 is 9.59 Å². The summed E-state index contributed by atoms with van der Waals surface area (Å²) in [7, 11) is 3.69. The smallest absolute Gasteiger partial charge is 0.239 e. The standard InChI is InChI=1S/C17H27N3O2/c1-4-5-11-18-16(21)13-20(17(22)14-19(2)3)12-15-9-7-6-8-10-15/h6-10H,4-5,11-14H2,1-3H3,(H,18,21). The molecule has 1 N–H and O–H groups in total. The van der Waals surface area contributed by atoms with E-state index in [2.05, 4.69) is 12.2 Å². The molecule has 0 aliphatic carbocycles. The molecule has 122 valence electrons. The molecule has 0 aliphatic heterocycles. The summed E-state index contributed by atoms with van der Waals surface area (Å²) in [5.41, 5.74) is 1.02. The number of nitrogens with one attached hydrogen (secondary N) is 1. The van der Waals surface area contributed by atoms with E-state index < -0.39 is 0 Å². The highest BCUT2D eigenvalue weighted by atomic mass is 16.2. The van der Waals surface area contributed by atoms with Crippen molar-refractivity contribution in [2.45, 2.75) is 26.3 Å². The van der Waals surface area contributed by atoms with Crippen LogP contribution in [0.5, 0.6) is 0 Å². The first-order valence-electron chi connectivity index (χ1n) is 7.76. The monoisotopic (exact) mass is 305 g/mol. The zero-order valence-corrected chi connectivity index (χ0v) is 13.8. The van der Waals surface area contributed by atoms with Crippen molar-refractivity contribution in [2.75, 3.05) is 33.7 Å². The fourth-order valence-corrected chi connectivity index (χ4v) is 2.04. The molecule has 0 saturated carbocycles. The Kier molecular flexibility index (Phi) is 8.22. The number of carbonyl (C=O) groups excluding carboxylic acids is 2. The fourth-order valence-electron chi connectivity index (χ4n) is 2.04. The molecule has 0 fully saturated rings. The van der Waals surface area contributed by atoms with Crippen LogP contribution in [-0.2, 0) is 16.1 Å². The first kappa shape index (κ1) is 18.2. The maximum atomic E-state index is 12.3. The average Bonchev–Trinajstić information content (AvgIpc) is 2.47. The lowest BCUT2D eigenvalue weighted by atomic mass is 10.2. The number of hydrogen-bond acceptors (Lipinski definition) is 3. The molecule has 1 aromatic carbocycles. The topological polar surface area (TPSA) is 52.7 Å². The molecular weight excluding hydrogens is 278 g/mol. The molecule has 22 heavy (non-hydrogen) atoms. The second-order valence-corrected chi connectivity index (χ2v) is 5.68. The van der Waals surface area contributed by atoms with E-state index in [0.717, 1.165) is 18.4 Å². The predicted octanol–water partition coefficient (Wildman–Crippen LogP) is 1.49. The summed E-state index contributed by atoms with van der Waals surface area (Å²) in [4.78, 5) is 27.7. The minimum atomic E-state index is -0.100. The number of benzene rings is 1. The van der Waals surface area contributed by atoms with Crippen molar-refractivity contribution in [3.63, 3.8) is 0 Å². The highest BCUT2D eigenvalue weighted by Crippen LogP contribution is 2.05. The third-order valence-corrected chi connectivity index (χ3v) is 3.21. The fraction of sp³-hybridized carbons (Fsp3) is 0.529. The van der Waals surface area contributed by atoms with Crippen LogP contribution in [0.2, 0.25) is 0 Å². The Hall–Kier alpha value is -1.88. The Morgan fingerprint density at radius 1 is 1.09 bits per heavy atom. The molecule has 2 amide bonds. The second kappa shape index (κ2) is 9.95. The van der Waals surface area contributed by atoms with Crippen LogP contribution in [0.3, 0.4) is 0 Å². The number of nitrogens with zero attached hydrogens (tertiary/aromatic N) is 2. The van der Waals surface area contributed by atoms with Gasteiger partial charge in [0.05, 0.1) is 13.1 Å². The van der Waals surface area contributed by atoms with Gasteiger partial charge in [0, 0.05) is 13.1 Å². The van der Waals surface area contributed by atoms with Crippen LogP contribution in [0.1, 0.15) is 25.3 Å². The number of unbranched alkanes of at least 4 members (excludes halogenated alkanes) is 1. The van der Waals surface area contributed by atoms with Crippen LogP contribution in [0.15, 0.2) is 30.3 Å². The molecule has 0 spiro atoms. The molecule has 0 radical (unpaired) electrons. The van der Waals surface area contributed by atoms with E-state index in [1.54, 1.807) is 4.90 Å². The Morgan fingerprint density at radius 2 is 1.77 bits per heavy atom. The molecule has 0 aromatic heterocycles. The summed E-state index contributed by atoms with van der Waals surface area (Å²) in [5.74, 6) is -0.143. The van der Waals surface area contributed by atoms with Gasteiger partial charge in [-0.15, -0.1) is 0 Å². The molecule has 5 heteroatoms. The van der Waals surface area contributed by atoms with E-state index in [0.29, 0.717) is 19.6 Å². The molecule has 1 rings (SSSR count). The van der Waals surface area contributed by atoms with E-state index in [-0.39, 0.29) is 18.4 Å². The van der Waals surface area contributed by atoms with Crippen molar-refractivity contribution in [3.05, 3.63) is 35.9 Å². The number of carbonyl (C=O) groups is 2. The number of likely N-dealkylation sites (N-methyl/N-ethyl adjacent to an activating group) is 1. The maximum Gasteiger partial charge on any atom is 0.239 e. The summed E-state index contributed by atoms with van der Waals surface area (Å²) in [6.45, 7) is 3.60. The average molecular weight is 305 g/mol. The van der Waals surface area contributed by atoms with Gasteiger partial charge in [-0.3, -0.25) is 9.59 Å².